The van der Waals surface area contributed by atoms with Crippen LogP contribution in [0.5, 0.6) is 0 Å². The summed E-state index contributed by atoms with van der Waals surface area (Å²) in [5.74, 6) is -2.63. The lowest BCUT2D eigenvalue weighted by molar-refractivity contribution is -0.196. The summed E-state index contributed by atoms with van der Waals surface area (Å²) in [7, 11) is 0. The maximum atomic E-state index is 12.1. The van der Waals surface area contributed by atoms with Crippen LogP contribution in [-0.2, 0) is 38.1 Å². The molecule has 1 saturated heterocycles. The number of hydrogen-bond donors (Lipinski definition) is 0. The van der Waals surface area contributed by atoms with Crippen molar-refractivity contribution in [3.05, 3.63) is 35.9 Å². The van der Waals surface area contributed by atoms with Crippen molar-refractivity contribution in [1.82, 2.24) is 0 Å². The fraction of sp³-hybridized carbons (Fsp3) is 0.444. The Balaban J connectivity index is 2.13. The van der Waals surface area contributed by atoms with E-state index in [1.165, 1.54) is 0 Å². The highest BCUT2D eigenvalue weighted by Gasteiger charge is 2.51. The van der Waals surface area contributed by atoms with Crippen LogP contribution in [0.2, 0.25) is 0 Å². The fourth-order valence-electron chi connectivity index (χ4n) is 2.55. The first kappa shape index (κ1) is 20.4. The van der Waals surface area contributed by atoms with E-state index in [1.54, 1.807) is 30.3 Å². The second kappa shape index (κ2) is 9.13. The Morgan fingerprint density at radius 2 is 1.41 bits per heavy atom. The molecule has 1 heterocycles. The van der Waals surface area contributed by atoms with Gasteiger partial charge in [-0.2, -0.15) is 0 Å². The van der Waals surface area contributed by atoms with Gasteiger partial charge in [0.1, 0.15) is 12.7 Å². The summed E-state index contributed by atoms with van der Waals surface area (Å²) < 4.78 is 26.0. The Kier molecular flexibility index (Phi) is 6.89. The highest BCUT2D eigenvalue weighted by atomic mass is 16.8. The van der Waals surface area contributed by atoms with Gasteiger partial charge in [-0.1, -0.05) is 18.2 Å². The molecule has 0 saturated carbocycles. The average molecular weight is 380 g/mol. The van der Waals surface area contributed by atoms with E-state index in [9.17, 15) is 19.2 Å². The standard InChI is InChI=1S/C18H20O9/c1-10(19)24-15-14(9-23-17(22)13-7-5-4-6-8-13)27-18(26-12(3)21)16(15)25-11(2)20/h4-8,14-16,18H,9H2,1-3H3. The normalized spacial score (nSPS) is 24.0. The number of esters is 4. The van der Waals surface area contributed by atoms with Crippen molar-refractivity contribution in [2.24, 2.45) is 0 Å². The number of carbonyl (C=O) groups is 4. The van der Waals surface area contributed by atoms with Gasteiger partial charge in [-0.3, -0.25) is 14.4 Å². The number of rotatable bonds is 6. The van der Waals surface area contributed by atoms with E-state index in [2.05, 4.69) is 0 Å². The molecule has 0 bridgehead atoms. The lowest BCUT2D eigenvalue weighted by atomic mass is 10.1. The van der Waals surface area contributed by atoms with Gasteiger partial charge >= 0.3 is 23.9 Å². The molecule has 1 aliphatic heterocycles. The van der Waals surface area contributed by atoms with Crippen molar-refractivity contribution in [3.8, 4) is 0 Å². The zero-order chi connectivity index (χ0) is 20.0. The molecule has 1 fully saturated rings. The molecule has 0 spiro atoms. The first-order valence-electron chi connectivity index (χ1n) is 8.17. The second-order valence-corrected chi connectivity index (χ2v) is 5.76. The van der Waals surface area contributed by atoms with Crippen LogP contribution in [-0.4, -0.2) is 55.1 Å². The van der Waals surface area contributed by atoms with Crippen LogP contribution in [0.4, 0.5) is 0 Å². The molecule has 0 amide bonds. The van der Waals surface area contributed by atoms with Crippen molar-refractivity contribution < 1.29 is 42.9 Å². The summed E-state index contributed by atoms with van der Waals surface area (Å²) >= 11 is 0. The summed E-state index contributed by atoms with van der Waals surface area (Å²) in [6.07, 6.45) is -4.58. The van der Waals surface area contributed by atoms with Crippen molar-refractivity contribution in [2.75, 3.05) is 6.61 Å². The molecule has 1 aromatic rings. The van der Waals surface area contributed by atoms with Crippen LogP contribution in [0, 0.1) is 0 Å². The minimum Gasteiger partial charge on any atom is -0.459 e. The summed E-state index contributed by atoms with van der Waals surface area (Å²) in [6, 6.07) is 8.26. The summed E-state index contributed by atoms with van der Waals surface area (Å²) in [6.45, 7) is 3.16. The predicted molar refractivity (Wildman–Crippen MR) is 88.3 cm³/mol. The van der Waals surface area contributed by atoms with E-state index in [0.29, 0.717) is 5.56 Å². The number of benzene rings is 1. The number of carbonyl (C=O) groups excluding carboxylic acids is 4. The Labute approximate surface area is 155 Å². The largest absolute Gasteiger partial charge is 0.459 e. The van der Waals surface area contributed by atoms with Crippen LogP contribution < -0.4 is 0 Å². The third kappa shape index (κ3) is 5.78. The van der Waals surface area contributed by atoms with Crippen molar-refractivity contribution in [2.45, 2.75) is 45.4 Å². The van der Waals surface area contributed by atoms with E-state index in [-0.39, 0.29) is 6.61 Å². The Hall–Kier alpha value is -2.94. The lowest BCUT2D eigenvalue weighted by Crippen LogP contribution is -2.42. The third-order valence-corrected chi connectivity index (χ3v) is 3.54. The SMILES string of the molecule is CC(=O)OC1OC(COC(=O)c2ccccc2)C(OC(C)=O)C1OC(C)=O. The van der Waals surface area contributed by atoms with Crippen molar-refractivity contribution >= 4 is 23.9 Å². The van der Waals surface area contributed by atoms with Gasteiger partial charge in [-0.15, -0.1) is 0 Å². The summed E-state index contributed by atoms with van der Waals surface area (Å²) in [5, 5.41) is 0. The van der Waals surface area contributed by atoms with Gasteiger partial charge in [0.05, 0.1) is 5.56 Å². The zero-order valence-corrected chi connectivity index (χ0v) is 15.1. The van der Waals surface area contributed by atoms with E-state index < -0.39 is 48.5 Å². The first-order chi connectivity index (χ1) is 12.8. The second-order valence-electron chi connectivity index (χ2n) is 5.76. The van der Waals surface area contributed by atoms with Crippen LogP contribution in [0.1, 0.15) is 31.1 Å². The van der Waals surface area contributed by atoms with E-state index >= 15 is 0 Å². The van der Waals surface area contributed by atoms with Gasteiger partial charge in [0.2, 0.25) is 12.4 Å². The molecule has 9 nitrogen and oxygen atoms in total. The molecular weight excluding hydrogens is 360 g/mol. The fourth-order valence-corrected chi connectivity index (χ4v) is 2.55. The maximum Gasteiger partial charge on any atom is 0.338 e. The molecule has 1 aliphatic rings. The summed E-state index contributed by atoms with van der Waals surface area (Å²) in [4.78, 5) is 46.2. The van der Waals surface area contributed by atoms with E-state index in [1.807, 2.05) is 0 Å². The predicted octanol–water partition coefficient (Wildman–Crippen LogP) is 0.995. The molecule has 4 unspecified atom stereocenters. The Morgan fingerprint density at radius 3 is 1.96 bits per heavy atom. The zero-order valence-electron chi connectivity index (χ0n) is 15.1. The lowest BCUT2D eigenvalue weighted by Gasteiger charge is -2.22. The van der Waals surface area contributed by atoms with Crippen LogP contribution in [0.3, 0.4) is 0 Å². The van der Waals surface area contributed by atoms with Gasteiger partial charge < -0.3 is 23.7 Å². The molecular formula is C18H20O9. The highest BCUT2D eigenvalue weighted by molar-refractivity contribution is 5.89. The van der Waals surface area contributed by atoms with Crippen LogP contribution >= 0.6 is 0 Å². The molecule has 27 heavy (non-hydrogen) atoms. The molecule has 2 rings (SSSR count). The minimum absolute atomic E-state index is 0.304. The molecule has 0 N–H and O–H groups in total. The number of ether oxygens (including phenoxy) is 5. The summed E-state index contributed by atoms with van der Waals surface area (Å²) in [5.41, 5.74) is 0.326. The smallest absolute Gasteiger partial charge is 0.338 e. The molecule has 4 atom stereocenters. The van der Waals surface area contributed by atoms with Crippen LogP contribution in [0.15, 0.2) is 30.3 Å². The van der Waals surface area contributed by atoms with E-state index in [4.69, 9.17) is 23.7 Å². The highest BCUT2D eigenvalue weighted by Crippen LogP contribution is 2.28. The van der Waals surface area contributed by atoms with Crippen molar-refractivity contribution in [1.29, 1.82) is 0 Å². The minimum atomic E-state index is -1.30. The van der Waals surface area contributed by atoms with Gasteiger partial charge in [0.15, 0.2) is 6.10 Å². The van der Waals surface area contributed by atoms with Gasteiger partial charge in [0.25, 0.3) is 0 Å². The monoisotopic (exact) mass is 380 g/mol. The molecule has 0 aromatic heterocycles. The molecule has 1 aromatic carbocycles. The van der Waals surface area contributed by atoms with E-state index in [0.717, 1.165) is 20.8 Å². The molecule has 0 aliphatic carbocycles. The molecule has 146 valence electrons. The third-order valence-electron chi connectivity index (χ3n) is 3.54. The quantitative estimate of drug-likeness (QED) is 0.526. The molecule has 0 radical (unpaired) electrons. The average Bonchev–Trinajstić information content (AvgIpc) is 2.88. The first-order valence-corrected chi connectivity index (χ1v) is 8.17. The topological polar surface area (TPSA) is 114 Å². The molecule has 9 heteroatoms. The Bertz CT molecular complexity index is 700. The van der Waals surface area contributed by atoms with Crippen molar-refractivity contribution in [3.63, 3.8) is 0 Å². The van der Waals surface area contributed by atoms with Gasteiger partial charge in [-0.05, 0) is 12.1 Å². The Morgan fingerprint density at radius 1 is 0.852 bits per heavy atom. The van der Waals surface area contributed by atoms with Gasteiger partial charge in [-0.25, -0.2) is 4.79 Å². The maximum absolute atomic E-state index is 12.1. The van der Waals surface area contributed by atoms with Gasteiger partial charge in [0, 0.05) is 20.8 Å². The number of hydrogen-bond acceptors (Lipinski definition) is 9. The van der Waals surface area contributed by atoms with Crippen LogP contribution in [0.25, 0.3) is 0 Å².